The Bertz CT molecular complexity index is 474. The van der Waals surface area contributed by atoms with Gasteiger partial charge < -0.3 is 14.7 Å². The number of hydrogen-bond donors (Lipinski definition) is 1. The number of benzene rings is 1. The number of halogens is 1. The number of carbonyl (C=O) groups excluding carboxylic acids is 1. The fraction of sp³-hybridized carbons (Fsp3) is 0.385. The van der Waals surface area contributed by atoms with E-state index in [1.165, 1.54) is 4.90 Å². The lowest BCUT2D eigenvalue weighted by molar-refractivity contribution is -0.143. The highest BCUT2D eigenvalue weighted by Crippen LogP contribution is 2.20. The summed E-state index contributed by atoms with van der Waals surface area (Å²) >= 11 is 3.30. The zero-order valence-corrected chi connectivity index (χ0v) is 11.8. The van der Waals surface area contributed by atoms with Gasteiger partial charge in [0.25, 0.3) is 0 Å². The lowest BCUT2D eigenvalue weighted by Gasteiger charge is -2.29. The van der Waals surface area contributed by atoms with Crippen LogP contribution in [0.3, 0.4) is 0 Å². The third-order valence-electron chi connectivity index (χ3n) is 3.05. The molecule has 0 aliphatic carbocycles. The van der Waals surface area contributed by atoms with Crippen LogP contribution in [-0.4, -0.2) is 35.2 Å². The van der Waals surface area contributed by atoms with Gasteiger partial charge in [-0.2, -0.15) is 0 Å². The lowest BCUT2D eigenvalue weighted by atomic mass is 9.99. The normalized spacial score (nSPS) is 19.0. The first-order valence-corrected chi connectivity index (χ1v) is 6.80. The fourth-order valence-corrected chi connectivity index (χ4v) is 2.28. The first kappa shape index (κ1) is 13.9. The van der Waals surface area contributed by atoms with E-state index in [9.17, 15) is 9.59 Å². The molecule has 1 aliphatic rings. The minimum absolute atomic E-state index is 0.213. The zero-order valence-electron chi connectivity index (χ0n) is 10.2. The molecule has 1 unspecified atom stereocenters. The number of carboxylic acids is 1. The molecule has 2 rings (SSSR count). The highest BCUT2D eigenvalue weighted by molar-refractivity contribution is 9.10. The summed E-state index contributed by atoms with van der Waals surface area (Å²) in [4.78, 5) is 24.3. The molecule has 0 spiro atoms. The molecule has 1 heterocycles. The standard InChI is InChI=1S/C13H14BrNO4/c14-10-3-5-11(6-4-10)19-13(18)15-7-1-2-9(8-15)12(16)17/h3-6,9H,1-2,7-8H2,(H,16,17). The smallest absolute Gasteiger partial charge is 0.415 e. The summed E-state index contributed by atoms with van der Waals surface area (Å²) < 4.78 is 6.11. The van der Waals surface area contributed by atoms with Gasteiger partial charge in [-0.15, -0.1) is 0 Å². The summed E-state index contributed by atoms with van der Waals surface area (Å²) in [6.07, 6.45) is 0.803. The molecular formula is C13H14BrNO4. The minimum Gasteiger partial charge on any atom is -0.481 e. The molecule has 1 fully saturated rings. The SMILES string of the molecule is O=C(O)C1CCCN(C(=O)Oc2ccc(Br)cc2)C1. The average Bonchev–Trinajstić information content (AvgIpc) is 2.41. The van der Waals surface area contributed by atoms with E-state index in [2.05, 4.69) is 15.9 Å². The summed E-state index contributed by atoms with van der Waals surface area (Å²) in [5.41, 5.74) is 0. The van der Waals surface area contributed by atoms with Gasteiger partial charge in [-0.1, -0.05) is 15.9 Å². The van der Waals surface area contributed by atoms with Gasteiger partial charge in [-0.3, -0.25) is 4.79 Å². The number of aliphatic carboxylic acids is 1. The van der Waals surface area contributed by atoms with Crippen LogP contribution in [0, 0.1) is 5.92 Å². The quantitative estimate of drug-likeness (QED) is 0.906. The fourth-order valence-electron chi connectivity index (χ4n) is 2.01. The molecule has 0 aromatic heterocycles. The number of piperidine rings is 1. The van der Waals surface area contributed by atoms with Gasteiger partial charge >= 0.3 is 12.1 Å². The maximum absolute atomic E-state index is 11.9. The van der Waals surface area contributed by atoms with E-state index >= 15 is 0 Å². The Balaban J connectivity index is 1.96. The molecule has 0 radical (unpaired) electrons. The molecule has 6 heteroatoms. The van der Waals surface area contributed by atoms with Gasteiger partial charge in [0.05, 0.1) is 5.92 Å². The van der Waals surface area contributed by atoms with Crippen molar-refractivity contribution in [2.75, 3.05) is 13.1 Å². The van der Waals surface area contributed by atoms with Crippen LogP contribution in [-0.2, 0) is 4.79 Å². The maximum atomic E-state index is 11.9. The number of hydrogen-bond acceptors (Lipinski definition) is 3. The number of amides is 1. The third kappa shape index (κ3) is 3.70. The monoisotopic (exact) mass is 327 g/mol. The van der Waals surface area contributed by atoms with Gasteiger partial charge in [0, 0.05) is 17.6 Å². The molecule has 1 atom stereocenters. The van der Waals surface area contributed by atoms with E-state index in [1.54, 1.807) is 24.3 Å². The van der Waals surface area contributed by atoms with Gasteiger partial charge in [-0.25, -0.2) is 4.79 Å². The molecule has 1 amide bonds. The summed E-state index contributed by atoms with van der Waals surface area (Å²) in [5.74, 6) is -0.905. The van der Waals surface area contributed by atoms with E-state index in [0.29, 0.717) is 25.1 Å². The topological polar surface area (TPSA) is 66.8 Å². The van der Waals surface area contributed by atoms with Crippen LogP contribution >= 0.6 is 15.9 Å². The van der Waals surface area contributed by atoms with Crippen molar-refractivity contribution in [2.24, 2.45) is 5.92 Å². The Morgan fingerprint density at radius 3 is 2.63 bits per heavy atom. The molecular weight excluding hydrogens is 314 g/mol. The van der Waals surface area contributed by atoms with Crippen LogP contribution in [0.2, 0.25) is 0 Å². The van der Waals surface area contributed by atoms with Crippen LogP contribution in [0.1, 0.15) is 12.8 Å². The first-order chi connectivity index (χ1) is 9.06. The van der Waals surface area contributed by atoms with Crippen LogP contribution in [0.15, 0.2) is 28.7 Å². The van der Waals surface area contributed by atoms with Crippen molar-refractivity contribution >= 4 is 28.0 Å². The molecule has 0 bridgehead atoms. The van der Waals surface area contributed by atoms with Gasteiger partial charge in [0.2, 0.25) is 0 Å². The van der Waals surface area contributed by atoms with Crippen molar-refractivity contribution in [2.45, 2.75) is 12.8 Å². The molecule has 1 N–H and O–H groups in total. The Labute approximate surface area is 119 Å². The number of ether oxygens (including phenoxy) is 1. The summed E-state index contributed by atoms with van der Waals surface area (Å²) in [6, 6.07) is 6.92. The summed E-state index contributed by atoms with van der Waals surface area (Å²) in [7, 11) is 0. The van der Waals surface area contributed by atoms with Crippen molar-refractivity contribution in [3.63, 3.8) is 0 Å². The second-order valence-corrected chi connectivity index (χ2v) is 5.36. The minimum atomic E-state index is -0.860. The van der Waals surface area contributed by atoms with Crippen molar-refractivity contribution in [1.82, 2.24) is 4.90 Å². The van der Waals surface area contributed by atoms with Crippen molar-refractivity contribution in [1.29, 1.82) is 0 Å². The molecule has 19 heavy (non-hydrogen) atoms. The van der Waals surface area contributed by atoms with E-state index < -0.39 is 18.0 Å². The van der Waals surface area contributed by atoms with Gasteiger partial charge in [-0.05, 0) is 37.1 Å². The maximum Gasteiger partial charge on any atom is 0.415 e. The predicted octanol–water partition coefficient (Wildman–Crippen LogP) is 2.74. The Hall–Kier alpha value is -1.56. The number of carbonyl (C=O) groups is 2. The van der Waals surface area contributed by atoms with E-state index in [-0.39, 0.29) is 6.54 Å². The van der Waals surface area contributed by atoms with Crippen LogP contribution in [0.5, 0.6) is 5.75 Å². The number of carboxylic acid groups (broad SMARTS) is 1. The van der Waals surface area contributed by atoms with E-state index in [0.717, 1.165) is 4.47 Å². The molecule has 5 nitrogen and oxygen atoms in total. The Morgan fingerprint density at radius 1 is 1.32 bits per heavy atom. The zero-order chi connectivity index (χ0) is 13.8. The lowest BCUT2D eigenvalue weighted by Crippen LogP contribution is -2.43. The first-order valence-electron chi connectivity index (χ1n) is 6.01. The molecule has 0 saturated carbocycles. The van der Waals surface area contributed by atoms with Crippen molar-refractivity contribution < 1.29 is 19.4 Å². The second-order valence-electron chi connectivity index (χ2n) is 4.45. The number of rotatable bonds is 2. The summed E-state index contributed by atoms with van der Waals surface area (Å²) in [6.45, 7) is 0.754. The molecule has 1 aliphatic heterocycles. The molecule has 1 aromatic carbocycles. The van der Waals surface area contributed by atoms with Crippen LogP contribution in [0.25, 0.3) is 0 Å². The average molecular weight is 328 g/mol. The highest BCUT2D eigenvalue weighted by Gasteiger charge is 2.29. The van der Waals surface area contributed by atoms with Crippen molar-refractivity contribution in [3.8, 4) is 5.75 Å². The van der Waals surface area contributed by atoms with Crippen LogP contribution < -0.4 is 4.74 Å². The van der Waals surface area contributed by atoms with Crippen LogP contribution in [0.4, 0.5) is 4.79 Å². The Kier molecular flexibility index (Phi) is 4.42. The van der Waals surface area contributed by atoms with E-state index in [4.69, 9.17) is 9.84 Å². The number of likely N-dealkylation sites (tertiary alicyclic amines) is 1. The van der Waals surface area contributed by atoms with Gasteiger partial charge in [0.1, 0.15) is 5.75 Å². The second kappa shape index (κ2) is 6.06. The molecule has 1 saturated heterocycles. The third-order valence-corrected chi connectivity index (χ3v) is 3.58. The molecule has 1 aromatic rings. The predicted molar refractivity (Wildman–Crippen MR) is 72.1 cm³/mol. The van der Waals surface area contributed by atoms with Gasteiger partial charge in [0.15, 0.2) is 0 Å². The highest BCUT2D eigenvalue weighted by atomic mass is 79.9. The van der Waals surface area contributed by atoms with Crippen molar-refractivity contribution in [3.05, 3.63) is 28.7 Å². The molecule has 102 valence electrons. The van der Waals surface area contributed by atoms with E-state index in [1.807, 2.05) is 0 Å². The summed E-state index contributed by atoms with van der Waals surface area (Å²) in [5, 5.41) is 8.97. The largest absolute Gasteiger partial charge is 0.481 e. The Morgan fingerprint density at radius 2 is 2.00 bits per heavy atom. The number of nitrogens with zero attached hydrogens (tertiary/aromatic N) is 1.